The summed E-state index contributed by atoms with van der Waals surface area (Å²) in [5.41, 5.74) is 20.6. The fraction of sp³-hybridized carbons (Fsp3) is 0.190. The van der Waals surface area contributed by atoms with Gasteiger partial charge in [0.1, 0.15) is 0 Å². The number of anilines is 3. The summed E-state index contributed by atoms with van der Waals surface area (Å²) in [4.78, 5) is 2.68. The molecule has 0 saturated carbocycles. The van der Waals surface area contributed by atoms with Crippen LogP contribution < -0.4 is 26.8 Å². The first-order valence-electron chi connectivity index (χ1n) is 17.1. The maximum Gasteiger partial charge on any atom is 0.332 e. The number of para-hydroxylation sites is 2. The molecule has 0 amide bonds. The quantitative estimate of drug-likeness (QED) is 0.163. The van der Waals surface area contributed by atoms with E-state index in [0.717, 1.165) is 0 Å². The summed E-state index contributed by atoms with van der Waals surface area (Å²) in [6.07, 6.45) is 4.67. The highest BCUT2D eigenvalue weighted by atomic mass is 15.2. The van der Waals surface area contributed by atoms with E-state index in [2.05, 4.69) is 159 Å². The zero-order valence-corrected chi connectivity index (χ0v) is 27.8. The minimum Gasteiger partial charge on any atom is -0.382 e. The van der Waals surface area contributed by atoms with Crippen LogP contribution in [0.5, 0.6) is 0 Å². The molecule has 0 atom stereocenters. The van der Waals surface area contributed by atoms with Crippen LogP contribution in [-0.2, 0) is 10.8 Å². The van der Waals surface area contributed by atoms with E-state index in [-0.39, 0.29) is 24.5 Å². The number of fused-ring (bicyclic) bond motifs is 10. The number of nitrogens with zero attached hydrogens (tertiary/aromatic N) is 3. The zero-order valence-electron chi connectivity index (χ0n) is 27.8. The van der Waals surface area contributed by atoms with Gasteiger partial charge in [0.15, 0.2) is 0 Å². The van der Waals surface area contributed by atoms with Crippen LogP contribution in [-0.4, -0.2) is 22.7 Å². The molecule has 7 aromatic rings. The third-order valence-corrected chi connectivity index (χ3v) is 11.6. The summed E-state index contributed by atoms with van der Waals surface area (Å²) in [5.74, 6) is 0. The Bertz CT molecular complexity index is 2400. The van der Waals surface area contributed by atoms with Crippen molar-refractivity contribution in [2.24, 2.45) is 0 Å². The van der Waals surface area contributed by atoms with Crippen molar-refractivity contribution >= 4 is 74.4 Å². The summed E-state index contributed by atoms with van der Waals surface area (Å²) in [6.45, 7) is 14.2. The number of hydrogen-bond acceptors (Lipinski definition) is 1. The molecule has 5 heteroatoms. The highest BCUT2D eigenvalue weighted by Gasteiger charge is 2.50. The molecule has 0 N–H and O–H groups in total. The lowest BCUT2D eigenvalue weighted by atomic mass is 9.39. The molecule has 0 saturated heterocycles. The van der Waals surface area contributed by atoms with Gasteiger partial charge in [-0.15, -0.1) is 0 Å². The summed E-state index contributed by atoms with van der Waals surface area (Å²) < 4.78 is 5.15. The van der Waals surface area contributed by atoms with Crippen molar-refractivity contribution in [2.45, 2.75) is 52.4 Å². The van der Waals surface area contributed by atoms with Gasteiger partial charge in [0.2, 0.25) is 0 Å². The SMILES string of the molecule is CC(C)(C)c1ccc2c(c1)N1c3cc(C(C)(C)C)ccc3B3c4c(cc5c(c41)B2n1ccc2cccc-5c21)-c1cccc2ccn3c12. The molecular weight excluding hydrogens is 568 g/mol. The summed E-state index contributed by atoms with van der Waals surface area (Å²) in [6, 6.07) is 35.6. The molecule has 11 rings (SSSR count). The molecule has 5 aromatic carbocycles. The minimum atomic E-state index is 0.0283. The fourth-order valence-electron chi connectivity index (χ4n) is 9.37. The Morgan fingerprint density at radius 2 is 0.957 bits per heavy atom. The van der Waals surface area contributed by atoms with E-state index >= 15 is 0 Å². The van der Waals surface area contributed by atoms with Gasteiger partial charge in [0.25, 0.3) is 0 Å². The summed E-state index contributed by atoms with van der Waals surface area (Å²) in [5, 5.41) is 2.62. The predicted octanol–water partition coefficient (Wildman–Crippen LogP) is 7.56. The number of aromatic nitrogens is 2. The number of rotatable bonds is 0. The van der Waals surface area contributed by atoms with E-state index in [1.807, 2.05) is 0 Å². The highest BCUT2D eigenvalue weighted by Crippen LogP contribution is 2.48. The van der Waals surface area contributed by atoms with Crippen molar-refractivity contribution < 1.29 is 0 Å². The van der Waals surface area contributed by atoms with Crippen LogP contribution in [0.3, 0.4) is 0 Å². The first-order chi connectivity index (χ1) is 22.6. The molecule has 4 aliphatic heterocycles. The lowest BCUT2D eigenvalue weighted by molar-refractivity contribution is 0.590. The molecule has 4 aliphatic rings. The van der Waals surface area contributed by atoms with E-state index in [1.165, 1.54) is 94.1 Å². The Kier molecular flexibility index (Phi) is 4.54. The van der Waals surface area contributed by atoms with Gasteiger partial charge in [0.05, 0.1) is 0 Å². The molecule has 47 heavy (non-hydrogen) atoms. The van der Waals surface area contributed by atoms with Crippen LogP contribution in [0.4, 0.5) is 17.1 Å². The van der Waals surface area contributed by atoms with Gasteiger partial charge in [-0.3, -0.25) is 0 Å². The van der Waals surface area contributed by atoms with E-state index < -0.39 is 0 Å². The molecule has 3 nitrogen and oxygen atoms in total. The summed E-state index contributed by atoms with van der Waals surface area (Å²) in [7, 11) is 0. The van der Waals surface area contributed by atoms with Crippen LogP contribution >= 0.6 is 0 Å². The molecule has 0 aliphatic carbocycles. The normalized spacial score (nSPS) is 14.9. The van der Waals surface area contributed by atoms with Crippen molar-refractivity contribution in [3.05, 3.63) is 115 Å². The van der Waals surface area contributed by atoms with E-state index in [1.54, 1.807) is 0 Å². The van der Waals surface area contributed by atoms with E-state index in [9.17, 15) is 0 Å². The standard InChI is InChI=1S/C42H35B2N3/c1-41(2,3)26-13-15-32-34(21-26)47-35-22-27(42(4,5)6)14-16-33(35)44-37-31(29-12-8-10-25-18-20-46(44)39(25)29)23-30-28-11-7-9-24-17-19-45(38(24)28)43(32)36(30)40(37)47/h7-23H,1-6H3. The lowest BCUT2D eigenvalue weighted by Crippen LogP contribution is -2.64. The van der Waals surface area contributed by atoms with Gasteiger partial charge in [-0.25, -0.2) is 0 Å². The second-order valence-electron chi connectivity index (χ2n) is 16.3. The third-order valence-electron chi connectivity index (χ3n) is 11.6. The lowest BCUT2D eigenvalue weighted by Gasteiger charge is -2.48. The Labute approximate surface area is 276 Å². The first-order valence-corrected chi connectivity index (χ1v) is 17.1. The van der Waals surface area contributed by atoms with Gasteiger partial charge in [-0.2, -0.15) is 0 Å². The first kappa shape index (κ1) is 26.2. The average Bonchev–Trinajstić information content (AvgIpc) is 3.68. The molecule has 0 bridgehead atoms. The maximum atomic E-state index is 2.68. The van der Waals surface area contributed by atoms with Crippen LogP contribution in [0.2, 0.25) is 0 Å². The molecule has 2 aromatic heterocycles. The van der Waals surface area contributed by atoms with Gasteiger partial charge >= 0.3 is 13.7 Å². The van der Waals surface area contributed by atoms with Crippen LogP contribution in [0.15, 0.2) is 103 Å². The smallest absolute Gasteiger partial charge is 0.332 e. The average molecular weight is 603 g/mol. The Morgan fingerprint density at radius 1 is 0.489 bits per heavy atom. The van der Waals surface area contributed by atoms with Crippen LogP contribution in [0.1, 0.15) is 52.7 Å². The molecule has 0 unspecified atom stereocenters. The topological polar surface area (TPSA) is 13.1 Å². The molecule has 6 heterocycles. The van der Waals surface area contributed by atoms with E-state index in [0.29, 0.717) is 0 Å². The molecule has 0 fully saturated rings. The van der Waals surface area contributed by atoms with Crippen molar-refractivity contribution in [2.75, 3.05) is 4.90 Å². The molecule has 0 spiro atoms. The van der Waals surface area contributed by atoms with Crippen LogP contribution in [0.25, 0.3) is 44.1 Å². The van der Waals surface area contributed by atoms with Crippen molar-refractivity contribution in [1.82, 2.24) is 8.96 Å². The zero-order chi connectivity index (χ0) is 31.7. The van der Waals surface area contributed by atoms with Gasteiger partial charge in [-0.05, 0) is 108 Å². The molecule has 224 valence electrons. The fourth-order valence-corrected chi connectivity index (χ4v) is 9.37. The van der Waals surface area contributed by atoms with E-state index in [4.69, 9.17) is 0 Å². The third kappa shape index (κ3) is 3.07. The number of hydrogen-bond donors (Lipinski definition) is 0. The second kappa shape index (κ2) is 8.15. The number of benzene rings is 5. The Morgan fingerprint density at radius 3 is 1.40 bits per heavy atom. The summed E-state index contributed by atoms with van der Waals surface area (Å²) >= 11 is 0. The minimum absolute atomic E-state index is 0.0283. The second-order valence-corrected chi connectivity index (χ2v) is 16.3. The van der Waals surface area contributed by atoms with Crippen molar-refractivity contribution in [3.63, 3.8) is 0 Å². The predicted molar refractivity (Wildman–Crippen MR) is 201 cm³/mol. The van der Waals surface area contributed by atoms with Crippen LogP contribution in [0, 0.1) is 0 Å². The molecule has 0 radical (unpaired) electrons. The van der Waals surface area contributed by atoms with Gasteiger partial charge < -0.3 is 13.9 Å². The van der Waals surface area contributed by atoms with Gasteiger partial charge in [-0.1, -0.05) is 102 Å². The molecular formula is C42H35B2N3. The monoisotopic (exact) mass is 603 g/mol. The van der Waals surface area contributed by atoms with Crippen molar-refractivity contribution in [3.8, 4) is 22.3 Å². The highest BCUT2D eigenvalue weighted by molar-refractivity contribution is 6.94. The Balaban J connectivity index is 1.37. The van der Waals surface area contributed by atoms with Crippen molar-refractivity contribution in [1.29, 1.82) is 0 Å². The maximum absolute atomic E-state index is 2.68. The van der Waals surface area contributed by atoms with Gasteiger partial charge in [0, 0.05) is 39.2 Å². The Hall–Kier alpha value is -4.89. The largest absolute Gasteiger partial charge is 0.382 e.